The number of benzene rings is 2. The Morgan fingerprint density at radius 2 is 1.98 bits per heavy atom. The largest absolute Gasteiger partial charge is 0.489 e. The quantitative estimate of drug-likeness (QED) is 0.254. The van der Waals surface area contributed by atoms with Gasteiger partial charge in [0.15, 0.2) is 0 Å². The lowest BCUT2D eigenvalue weighted by atomic mass is 9.82. The Balaban J connectivity index is 1.34. The van der Waals surface area contributed by atoms with Gasteiger partial charge in [0.1, 0.15) is 34.9 Å². The molecule has 0 unspecified atom stereocenters. The fraction of sp³-hybridized carbons (Fsp3) is 0.281. The van der Waals surface area contributed by atoms with E-state index in [-0.39, 0.29) is 30.4 Å². The molecule has 4 amide bonds. The highest BCUT2D eigenvalue weighted by atomic mass is 19.1. The summed E-state index contributed by atoms with van der Waals surface area (Å²) in [7, 11) is 0. The SMILES string of the molecule is Cc1cnc2c(N3CCNC3=O)cc(C(=O)NC[C@](C)(O)c3cc4c(c(-c5ccc(F)cc5)n3)OC[C@]4(C)C(N)=O)cc2c1. The number of aromatic nitrogens is 2. The highest BCUT2D eigenvalue weighted by molar-refractivity contribution is 6.07. The second-order valence-corrected chi connectivity index (χ2v) is 11.6. The van der Waals surface area contributed by atoms with Crippen molar-refractivity contribution in [1.82, 2.24) is 20.6 Å². The van der Waals surface area contributed by atoms with E-state index in [0.29, 0.717) is 52.3 Å². The molecule has 2 aliphatic rings. The lowest BCUT2D eigenvalue weighted by molar-refractivity contribution is -0.123. The number of nitrogens with zero attached hydrogens (tertiary/aromatic N) is 3. The molecule has 0 spiro atoms. The summed E-state index contributed by atoms with van der Waals surface area (Å²) in [6.07, 6.45) is 1.70. The van der Waals surface area contributed by atoms with E-state index in [2.05, 4.69) is 20.6 Å². The number of carbonyl (C=O) groups excluding carboxylic acids is 3. The lowest BCUT2D eigenvalue weighted by Gasteiger charge is -2.26. The van der Waals surface area contributed by atoms with Crippen molar-refractivity contribution in [3.05, 3.63) is 82.9 Å². The second kappa shape index (κ2) is 10.6. The smallest absolute Gasteiger partial charge is 0.322 e. The zero-order valence-corrected chi connectivity index (χ0v) is 24.4. The Kier molecular flexibility index (Phi) is 6.96. The molecule has 1 saturated heterocycles. The number of rotatable bonds is 7. The maximum atomic E-state index is 13.7. The first-order chi connectivity index (χ1) is 20.9. The third-order valence-electron chi connectivity index (χ3n) is 8.19. The van der Waals surface area contributed by atoms with Gasteiger partial charge >= 0.3 is 6.03 Å². The highest BCUT2D eigenvalue weighted by Crippen LogP contribution is 2.45. The average Bonchev–Trinajstić information content (AvgIpc) is 3.58. The van der Waals surface area contributed by atoms with E-state index in [1.165, 1.54) is 31.2 Å². The molecule has 0 bridgehead atoms. The molecule has 0 aliphatic carbocycles. The number of amides is 4. The normalized spacial score (nSPS) is 18.8. The van der Waals surface area contributed by atoms with E-state index in [4.69, 9.17) is 10.5 Å². The third kappa shape index (κ3) is 4.96. The summed E-state index contributed by atoms with van der Waals surface area (Å²) in [4.78, 5) is 49.2. The first-order valence-corrected chi connectivity index (χ1v) is 14.1. The molecule has 11 nitrogen and oxygen atoms in total. The number of nitrogens with two attached hydrogens (primary N) is 1. The summed E-state index contributed by atoms with van der Waals surface area (Å²) < 4.78 is 19.6. The summed E-state index contributed by atoms with van der Waals surface area (Å²) in [6.45, 7) is 5.64. The van der Waals surface area contributed by atoms with Crippen LogP contribution >= 0.6 is 0 Å². The van der Waals surface area contributed by atoms with Crippen LogP contribution in [0.15, 0.2) is 54.7 Å². The Labute approximate surface area is 252 Å². The number of nitrogens with one attached hydrogen (secondary N) is 2. The minimum atomic E-state index is -1.72. The van der Waals surface area contributed by atoms with Crippen LogP contribution in [0.2, 0.25) is 0 Å². The predicted octanol–water partition coefficient (Wildman–Crippen LogP) is 3.05. The van der Waals surface area contributed by atoms with Gasteiger partial charge in [-0.25, -0.2) is 14.2 Å². The number of carbonyl (C=O) groups is 3. The molecule has 4 aromatic rings. The Morgan fingerprint density at radius 3 is 2.66 bits per heavy atom. The van der Waals surface area contributed by atoms with Crippen LogP contribution < -0.4 is 26.0 Å². The number of halogens is 1. The molecule has 44 heavy (non-hydrogen) atoms. The molecule has 226 valence electrons. The predicted molar refractivity (Wildman–Crippen MR) is 161 cm³/mol. The second-order valence-electron chi connectivity index (χ2n) is 11.6. The summed E-state index contributed by atoms with van der Waals surface area (Å²) in [5.74, 6) is -1.22. The van der Waals surface area contributed by atoms with Gasteiger partial charge in [0, 0.05) is 41.4 Å². The molecule has 1 fully saturated rings. The third-order valence-corrected chi connectivity index (χ3v) is 8.19. The number of primary amides is 1. The Hall–Kier alpha value is -5.10. The molecule has 0 saturated carbocycles. The van der Waals surface area contributed by atoms with Crippen molar-refractivity contribution in [3.8, 4) is 17.0 Å². The minimum Gasteiger partial charge on any atom is -0.489 e. The van der Waals surface area contributed by atoms with Crippen LogP contribution in [0.3, 0.4) is 0 Å². The van der Waals surface area contributed by atoms with Crippen LogP contribution in [0.4, 0.5) is 14.9 Å². The van der Waals surface area contributed by atoms with Crippen molar-refractivity contribution >= 4 is 34.4 Å². The summed E-state index contributed by atoms with van der Waals surface area (Å²) in [5.41, 5.74) is 6.51. The maximum Gasteiger partial charge on any atom is 0.322 e. The van der Waals surface area contributed by atoms with Gasteiger partial charge in [0.2, 0.25) is 5.91 Å². The van der Waals surface area contributed by atoms with Crippen molar-refractivity contribution in [1.29, 1.82) is 0 Å². The van der Waals surface area contributed by atoms with Crippen molar-refractivity contribution < 1.29 is 28.6 Å². The standard InChI is InChI=1S/C32H31FN6O5/c1-17-10-19-11-20(12-23(25(19)36-14-17)39-9-8-35-30(39)42)28(40)37-15-32(3,43)24-13-22-27(44-16-31(22,2)29(34)41)26(38-24)18-4-6-21(33)7-5-18/h4-7,10-14,43H,8-9,15-16H2,1-3H3,(H2,34,41)(H,35,42)(H,37,40)/t31-,32-/m0/s1. The van der Waals surface area contributed by atoms with Gasteiger partial charge in [0.25, 0.3) is 5.91 Å². The van der Waals surface area contributed by atoms with Gasteiger partial charge < -0.3 is 26.2 Å². The maximum absolute atomic E-state index is 13.7. The van der Waals surface area contributed by atoms with E-state index in [0.717, 1.165) is 5.56 Å². The first kappa shape index (κ1) is 29.0. The zero-order valence-electron chi connectivity index (χ0n) is 24.4. The number of aryl methyl sites for hydroxylation is 1. The first-order valence-electron chi connectivity index (χ1n) is 14.1. The number of anilines is 1. The average molecular weight is 599 g/mol. The Bertz CT molecular complexity index is 1840. The summed E-state index contributed by atoms with van der Waals surface area (Å²) in [6, 6.07) is 12.1. The monoisotopic (exact) mass is 598 g/mol. The molecular weight excluding hydrogens is 567 g/mol. The van der Waals surface area contributed by atoms with Gasteiger partial charge in [-0.15, -0.1) is 0 Å². The van der Waals surface area contributed by atoms with E-state index in [1.54, 1.807) is 36.2 Å². The van der Waals surface area contributed by atoms with E-state index in [9.17, 15) is 23.9 Å². The van der Waals surface area contributed by atoms with Gasteiger partial charge in [-0.1, -0.05) is 0 Å². The molecule has 12 heteroatoms. The van der Waals surface area contributed by atoms with E-state index < -0.39 is 28.6 Å². The number of hydrogen-bond acceptors (Lipinski definition) is 7. The highest BCUT2D eigenvalue weighted by Gasteiger charge is 2.45. The number of urea groups is 1. The van der Waals surface area contributed by atoms with Crippen LogP contribution in [0.5, 0.6) is 5.75 Å². The molecule has 2 aliphatic heterocycles. The molecular formula is C32H31FN6O5. The molecule has 0 radical (unpaired) electrons. The van der Waals surface area contributed by atoms with Crippen LogP contribution in [-0.4, -0.2) is 59.2 Å². The fourth-order valence-corrected chi connectivity index (χ4v) is 5.49. The van der Waals surface area contributed by atoms with Crippen molar-refractivity contribution in [2.45, 2.75) is 31.8 Å². The number of aliphatic hydroxyl groups is 1. The topological polar surface area (TPSA) is 160 Å². The number of hydrogen-bond donors (Lipinski definition) is 4. The van der Waals surface area contributed by atoms with Gasteiger partial charge in [-0.3, -0.25) is 19.5 Å². The zero-order chi connectivity index (χ0) is 31.4. The van der Waals surface area contributed by atoms with Gasteiger partial charge in [-0.2, -0.15) is 0 Å². The number of fused-ring (bicyclic) bond motifs is 2. The lowest BCUT2D eigenvalue weighted by Crippen LogP contribution is -2.41. The van der Waals surface area contributed by atoms with Crippen LogP contribution in [0.1, 0.15) is 41.0 Å². The Morgan fingerprint density at radius 1 is 1.23 bits per heavy atom. The minimum absolute atomic E-state index is 0.0243. The van der Waals surface area contributed by atoms with E-state index >= 15 is 0 Å². The van der Waals surface area contributed by atoms with Crippen LogP contribution in [0, 0.1) is 12.7 Å². The number of pyridine rings is 2. The summed E-state index contributed by atoms with van der Waals surface area (Å²) in [5, 5.41) is 17.9. The molecule has 6 rings (SSSR count). The van der Waals surface area contributed by atoms with Crippen molar-refractivity contribution in [3.63, 3.8) is 0 Å². The van der Waals surface area contributed by atoms with Crippen LogP contribution in [-0.2, 0) is 15.8 Å². The van der Waals surface area contributed by atoms with Crippen molar-refractivity contribution in [2.75, 3.05) is 31.1 Å². The van der Waals surface area contributed by atoms with Crippen LogP contribution in [0.25, 0.3) is 22.2 Å². The molecule has 5 N–H and O–H groups in total. The van der Waals surface area contributed by atoms with E-state index in [1.807, 2.05) is 13.0 Å². The van der Waals surface area contributed by atoms with Gasteiger partial charge in [-0.05, 0) is 74.9 Å². The summed E-state index contributed by atoms with van der Waals surface area (Å²) >= 11 is 0. The molecule has 2 aromatic carbocycles. The van der Waals surface area contributed by atoms with Crippen molar-refractivity contribution in [2.24, 2.45) is 5.73 Å². The molecule has 4 heterocycles. The molecule has 2 atom stereocenters. The fourth-order valence-electron chi connectivity index (χ4n) is 5.49. The number of ether oxygens (including phenoxy) is 1. The van der Waals surface area contributed by atoms with Gasteiger partial charge in [0.05, 0.1) is 23.4 Å². The molecule has 2 aromatic heterocycles.